The summed E-state index contributed by atoms with van der Waals surface area (Å²) in [5, 5.41) is 13.5. The van der Waals surface area contributed by atoms with Crippen molar-refractivity contribution in [1.82, 2.24) is 45.0 Å². The van der Waals surface area contributed by atoms with E-state index >= 15 is 0 Å². The molecule has 10 rings (SSSR count). The third kappa shape index (κ3) is 18.0. The number of nitrogens with one attached hydrogen (secondary N) is 5. The van der Waals surface area contributed by atoms with E-state index in [9.17, 15) is 14.4 Å². The normalized spacial score (nSPS) is 18.5. The minimum Gasteiger partial charge on any atom is -0.458 e. The summed E-state index contributed by atoms with van der Waals surface area (Å²) < 4.78 is 15.1. The van der Waals surface area contributed by atoms with E-state index in [4.69, 9.17) is 82.2 Å². The number of nitrogens with zero attached hydrogens (tertiary/aromatic N) is 6. The summed E-state index contributed by atoms with van der Waals surface area (Å²) in [5.41, 5.74) is 5.16. The van der Waals surface area contributed by atoms with Crippen LogP contribution >= 0.6 is 58.0 Å². The first kappa shape index (κ1) is 64.9. The number of H-pyrrole nitrogens is 2. The van der Waals surface area contributed by atoms with Crippen molar-refractivity contribution in [3.05, 3.63) is 119 Å². The number of alkyl halides is 3. The van der Waals surface area contributed by atoms with Crippen molar-refractivity contribution in [1.29, 1.82) is 0 Å². The van der Waals surface area contributed by atoms with Gasteiger partial charge in [0.2, 0.25) is 15.7 Å². The number of hydrogen-bond donors (Lipinski definition) is 5. The largest absolute Gasteiger partial charge is 0.458 e. The van der Waals surface area contributed by atoms with Gasteiger partial charge in [0.1, 0.15) is 17.8 Å². The van der Waals surface area contributed by atoms with Crippen molar-refractivity contribution in [2.45, 2.75) is 159 Å². The first-order valence-corrected chi connectivity index (χ1v) is 30.7. The van der Waals surface area contributed by atoms with Crippen molar-refractivity contribution in [2.24, 2.45) is 5.92 Å². The number of ether oxygens (including phenoxy) is 3. The third-order valence-corrected chi connectivity index (χ3v) is 16.0. The Balaban J connectivity index is 0.000000222. The molecule has 0 bridgehead atoms. The molecule has 5 heterocycles. The Morgan fingerprint density at radius 2 is 1.11 bits per heavy atom. The molecule has 7 aromatic rings. The van der Waals surface area contributed by atoms with E-state index in [0.717, 1.165) is 116 Å². The number of carbonyl (C=O) groups excluding carboxylic acids is 3. The molecule has 456 valence electrons. The maximum Gasteiger partial charge on any atom is 0.410 e. The maximum atomic E-state index is 13.5. The van der Waals surface area contributed by atoms with Crippen LogP contribution in [0.4, 0.5) is 21.5 Å². The van der Waals surface area contributed by atoms with Gasteiger partial charge in [-0.15, -0.1) is 0 Å². The molecule has 4 aromatic heterocycles. The smallest absolute Gasteiger partial charge is 0.410 e. The van der Waals surface area contributed by atoms with Crippen LogP contribution in [0.15, 0.2) is 97.6 Å². The van der Waals surface area contributed by atoms with Gasteiger partial charge < -0.3 is 49.9 Å². The minimum atomic E-state index is -1.70. The molecule has 3 fully saturated rings. The molecular formula is C63H78Cl5N11O6. The van der Waals surface area contributed by atoms with Crippen molar-refractivity contribution in [2.75, 3.05) is 36.9 Å². The molecule has 22 heteroatoms. The highest BCUT2D eigenvalue weighted by Crippen LogP contribution is 2.36. The van der Waals surface area contributed by atoms with Crippen LogP contribution in [0.25, 0.3) is 44.3 Å². The monoisotopic (exact) mass is 1260 g/mol. The van der Waals surface area contributed by atoms with Crippen LogP contribution < -0.4 is 16.0 Å². The van der Waals surface area contributed by atoms with Gasteiger partial charge in [-0.3, -0.25) is 0 Å². The van der Waals surface area contributed by atoms with Crippen LogP contribution in [0.3, 0.4) is 0 Å². The highest BCUT2D eigenvalue weighted by molar-refractivity contribution is 6.67. The Morgan fingerprint density at radius 3 is 1.59 bits per heavy atom. The number of rotatable bonds is 14. The lowest BCUT2D eigenvalue weighted by atomic mass is 9.88. The summed E-state index contributed by atoms with van der Waals surface area (Å²) in [6.07, 6.45) is 15.8. The number of aromatic amines is 2. The molecule has 3 aliphatic rings. The standard InChI is InChI=1S/C33H35Cl4N5O4.C29H39ClN6O2.CH4/c1-32(2,3)46-31(44)42(18-20-11-13-21(14-12-20)29(43)45-19-33(35,36)37)23-8-6-7-22(15-23)40-30-39-17-26(34)28(41-30)25-16-38-27-10-5-4-9-24(25)27;1-29(2,3)38-28(37)36(18-19-11-13-31-14-12-19)21-8-6-7-20(15-21)34-27-33-17-24(30)26(35-27)23-16-32-25-10-5-4-9-22(23)25;/h4-5,9-14,16-17,22-23,38H,6-8,15,18-19H2,1-3H3,(H,39,40,41);4-5,9-10,16-17,19-21,31-32H,6-8,11-15,18H2,1-3H3,(H,33,34,35);1H4/t22-,23+;20-,21+;/m11./s1. The predicted octanol–water partition coefficient (Wildman–Crippen LogP) is 15.8. The molecule has 17 nitrogen and oxygen atoms in total. The van der Waals surface area contributed by atoms with E-state index in [2.05, 4.69) is 42.0 Å². The Labute approximate surface area is 523 Å². The first-order chi connectivity index (χ1) is 40.0. The third-order valence-electron chi connectivity index (χ3n) is 15.1. The van der Waals surface area contributed by atoms with Gasteiger partial charge in [0.05, 0.1) is 39.4 Å². The zero-order valence-electron chi connectivity index (χ0n) is 48.3. The highest BCUT2D eigenvalue weighted by atomic mass is 35.6. The maximum absolute atomic E-state index is 13.5. The van der Waals surface area contributed by atoms with E-state index in [1.54, 1.807) is 41.6 Å². The van der Waals surface area contributed by atoms with Gasteiger partial charge in [-0.25, -0.2) is 34.3 Å². The number of piperidine rings is 1. The van der Waals surface area contributed by atoms with Crippen LogP contribution in [0.5, 0.6) is 0 Å². The lowest BCUT2D eigenvalue weighted by Crippen LogP contribution is -2.50. The minimum absolute atomic E-state index is 0. The van der Waals surface area contributed by atoms with E-state index in [1.165, 1.54) is 0 Å². The number of fused-ring (bicyclic) bond motifs is 2. The molecule has 2 saturated carbocycles. The van der Waals surface area contributed by atoms with Gasteiger partial charge in [0, 0.05) is 82.6 Å². The number of hydrogen-bond acceptors (Lipinski definition) is 13. The summed E-state index contributed by atoms with van der Waals surface area (Å²) in [6, 6.07) is 23.0. The summed E-state index contributed by atoms with van der Waals surface area (Å²) in [4.78, 5) is 68.2. The zero-order valence-corrected chi connectivity index (χ0v) is 52.0. The molecule has 0 spiro atoms. The van der Waals surface area contributed by atoms with Crippen LogP contribution in [-0.2, 0) is 20.8 Å². The van der Waals surface area contributed by atoms with Gasteiger partial charge in [0.15, 0.2) is 0 Å². The number of esters is 1. The number of halogens is 5. The average molecular weight is 1260 g/mol. The fraction of sp³-hybridized carbons (Fsp3) is 0.476. The average Bonchev–Trinajstić information content (AvgIpc) is 4.14. The molecule has 85 heavy (non-hydrogen) atoms. The molecule has 1 saturated heterocycles. The lowest BCUT2D eigenvalue weighted by molar-refractivity contribution is 0.00614. The van der Waals surface area contributed by atoms with Gasteiger partial charge in [0.25, 0.3) is 0 Å². The Bertz CT molecular complexity index is 3370. The molecular weight excluding hydrogens is 1180 g/mol. The molecule has 0 radical (unpaired) electrons. The van der Waals surface area contributed by atoms with E-state index in [0.29, 0.717) is 51.2 Å². The van der Waals surface area contributed by atoms with Gasteiger partial charge in [-0.1, -0.05) is 114 Å². The van der Waals surface area contributed by atoms with Crippen molar-refractivity contribution >= 4 is 110 Å². The topological polar surface area (TPSA) is 205 Å². The number of anilines is 2. The summed E-state index contributed by atoms with van der Waals surface area (Å²) >= 11 is 30.2. The summed E-state index contributed by atoms with van der Waals surface area (Å²) in [5.74, 6) is 0.912. The first-order valence-electron chi connectivity index (χ1n) is 28.8. The highest BCUT2D eigenvalue weighted by Gasteiger charge is 2.36. The lowest BCUT2D eigenvalue weighted by Gasteiger charge is -2.40. The fourth-order valence-corrected chi connectivity index (χ4v) is 11.7. The summed E-state index contributed by atoms with van der Waals surface area (Å²) in [7, 11) is 0. The second-order valence-electron chi connectivity index (χ2n) is 23.9. The molecule has 2 aliphatic carbocycles. The van der Waals surface area contributed by atoms with E-state index < -0.39 is 27.1 Å². The van der Waals surface area contributed by atoms with Crippen molar-refractivity contribution in [3.63, 3.8) is 0 Å². The Morgan fingerprint density at radius 1 is 0.635 bits per heavy atom. The molecule has 0 unspecified atom stereocenters. The Kier molecular flexibility index (Phi) is 21.9. The SMILES string of the molecule is C.CC(C)(C)OC(=O)N(CC1CCNCC1)[C@H]1CCC[C@@H](Nc2ncc(Cl)c(-c3c[nH]c4ccccc34)n2)C1.CC(C)(C)OC(=O)N(Cc1ccc(C(=O)OCC(Cl)(Cl)Cl)cc1)[C@H]1CCC[C@@H](Nc2ncc(Cl)c(-c3c[nH]c4ccccc34)n2)C1. The Hall–Kier alpha value is -6.08. The molecule has 3 aromatic carbocycles. The van der Waals surface area contributed by atoms with Gasteiger partial charge in [-0.2, -0.15) is 0 Å². The van der Waals surface area contributed by atoms with E-state index in [1.807, 2.05) is 101 Å². The quantitative estimate of drug-likeness (QED) is 0.0391. The van der Waals surface area contributed by atoms with Crippen LogP contribution in [-0.4, -0.2) is 123 Å². The summed E-state index contributed by atoms with van der Waals surface area (Å²) in [6.45, 7) is 14.0. The molecule has 5 N–H and O–H groups in total. The predicted molar refractivity (Wildman–Crippen MR) is 342 cm³/mol. The number of aromatic nitrogens is 6. The van der Waals surface area contributed by atoms with Crippen molar-refractivity contribution < 1.29 is 28.6 Å². The molecule has 1 aliphatic heterocycles. The fourth-order valence-electron chi connectivity index (χ4n) is 11.2. The number of para-hydroxylation sites is 2. The molecule has 4 atom stereocenters. The van der Waals surface area contributed by atoms with Crippen LogP contribution in [0.2, 0.25) is 10.0 Å². The second kappa shape index (κ2) is 28.6. The number of benzene rings is 3. The zero-order chi connectivity index (χ0) is 59.8. The van der Waals surface area contributed by atoms with Crippen LogP contribution in [0, 0.1) is 5.92 Å². The van der Waals surface area contributed by atoms with Gasteiger partial charge in [-0.05, 0) is 155 Å². The number of carbonyl (C=O) groups is 3. The number of amides is 2. The van der Waals surface area contributed by atoms with Crippen molar-refractivity contribution in [3.8, 4) is 22.5 Å². The van der Waals surface area contributed by atoms with Gasteiger partial charge >= 0.3 is 18.2 Å². The van der Waals surface area contributed by atoms with E-state index in [-0.39, 0.29) is 50.8 Å². The molecule has 2 amide bonds. The van der Waals surface area contributed by atoms with Crippen LogP contribution in [0.1, 0.15) is 129 Å². The second-order valence-corrected chi connectivity index (χ2v) is 27.3.